The van der Waals surface area contributed by atoms with Gasteiger partial charge in [-0.15, -0.1) is 0 Å². The monoisotopic (exact) mass is 415 g/mol. The van der Waals surface area contributed by atoms with E-state index in [0.717, 1.165) is 5.17 Å². The van der Waals surface area contributed by atoms with E-state index in [9.17, 15) is 10.1 Å². The van der Waals surface area contributed by atoms with E-state index in [-0.39, 0.29) is 29.7 Å². The number of amidine groups is 1. The Balaban J connectivity index is 0.00000324. The van der Waals surface area contributed by atoms with Gasteiger partial charge in [-0.2, -0.15) is 0 Å². The fraction of sp³-hybridized carbons (Fsp3) is 0.364. The van der Waals surface area contributed by atoms with Gasteiger partial charge in [0.15, 0.2) is 0 Å². The first kappa shape index (κ1) is 18.5. The van der Waals surface area contributed by atoms with Gasteiger partial charge in [0.2, 0.25) is 0 Å². The fourth-order valence-corrected chi connectivity index (χ4v) is 2.50. The summed E-state index contributed by atoms with van der Waals surface area (Å²) in [5, 5.41) is 12.3. The number of nitro benzene ring substituents is 1. The van der Waals surface area contributed by atoms with Crippen LogP contribution in [0.4, 0.5) is 5.69 Å². The van der Waals surface area contributed by atoms with Crippen molar-refractivity contribution in [1.29, 1.82) is 0 Å². The second-order valence-corrected chi connectivity index (χ2v) is 5.49. The molecular weight excluding hydrogens is 401 g/mol. The van der Waals surface area contributed by atoms with Gasteiger partial charge in [0, 0.05) is 22.9 Å². The van der Waals surface area contributed by atoms with Crippen LogP contribution in [0.15, 0.2) is 23.1 Å². The molecule has 0 aliphatic carbocycles. The Morgan fingerprint density at radius 1 is 1.37 bits per heavy atom. The quantitative estimate of drug-likeness (QED) is 0.125. The highest BCUT2D eigenvalue weighted by Gasteiger charge is 2.21. The van der Waals surface area contributed by atoms with E-state index in [2.05, 4.69) is 0 Å². The molecule has 5 nitrogen and oxygen atoms in total. The van der Waals surface area contributed by atoms with Gasteiger partial charge in [-0.3, -0.25) is 19.6 Å². The molecule has 0 heterocycles. The first-order valence-corrected chi connectivity index (χ1v) is 6.35. The maximum Gasteiger partial charge on any atom is 0.312 e. The molecule has 0 aromatic heterocycles. The van der Waals surface area contributed by atoms with E-state index in [0.29, 0.717) is 9.92 Å². The molecule has 0 aliphatic rings. The van der Waals surface area contributed by atoms with Gasteiger partial charge in [0.25, 0.3) is 5.69 Å². The first-order chi connectivity index (χ1) is 8.32. The topological polar surface area (TPSA) is 49.4 Å². The minimum Gasteiger partial charge on any atom is -1.00 e. The van der Waals surface area contributed by atoms with E-state index in [4.69, 9.17) is 11.6 Å². The van der Waals surface area contributed by atoms with Crippen LogP contribution < -0.4 is 24.0 Å². The summed E-state index contributed by atoms with van der Waals surface area (Å²) in [5.74, 6) is 0. The molecular formula is C11H15ClIN3O2S. The Kier molecular flexibility index (Phi) is 7.68. The Labute approximate surface area is 138 Å². The molecule has 1 aromatic rings. The molecule has 0 radical (unpaired) electrons. The minimum absolute atomic E-state index is 0. The van der Waals surface area contributed by atoms with Crippen LogP contribution in [-0.4, -0.2) is 47.8 Å². The number of rotatable bonds is 2. The van der Waals surface area contributed by atoms with Crippen molar-refractivity contribution in [3.63, 3.8) is 0 Å². The normalized spacial score (nSPS) is 9.53. The highest BCUT2D eigenvalue weighted by Crippen LogP contribution is 2.32. The zero-order valence-corrected chi connectivity index (χ0v) is 14.8. The second-order valence-electron chi connectivity index (χ2n) is 4.04. The van der Waals surface area contributed by atoms with Gasteiger partial charge in [-0.1, -0.05) is 11.6 Å². The van der Waals surface area contributed by atoms with E-state index >= 15 is 0 Å². The molecule has 0 bridgehead atoms. The summed E-state index contributed by atoms with van der Waals surface area (Å²) in [7, 11) is 7.57. The summed E-state index contributed by atoms with van der Waals surface area (Å²) in [4.78, 5) is 13.0. The molecule has 0 spiro atoms. The Bertz CT molecular complexity index is 505. The Morgan fingerprint density at radius 2 is 1.95 bits per heavy atom. The van der Waals surface area contributed by atoms with Crippen molar-refractivity contribution in [2.45, 2.75) is 4.90 Å². The summed E-state index contributed by atoms with van der Waals surface area (Å²) in [5.41, 5.74) is 0.0219. The van der Waals surface area contributed by atoms with E-state index in [1.54, 1.807) is 12.1 Å². The number of halogens is 2. The Hall–Kier alpha value is -0.540. The van der Waals surface area contributed by atoms with Gasteiger partial charge in [-0.25, -0.2) is 0 Å². The maximum atomic E-state index is 11.0. The molecule has 0 amide bonds. The molecule has 19 heavy (non-hydrogen) atoms. The molecule has 1 rings (SSSR count). The highest BCUT2D eigenvalue weighted by atomic mass is 127. The smallest absolute Gasteiger partial charge is 0.312 e. The molecule has 0 atom stereocenters. The van der Waals surface area contributed by atoms with Gasteiger partial charge in [-0.05, 0) is 12.1 Å². The summed E-state index contributed by atoms with van der Waals surface area (Å²) in [6, 6.07) is 4.69. The van der Waals surface area contributed by atoms with E-state index in [1.807, 2.05) is 37.7 Å². The van der Waals surface area contributed by atoms with Crippen molar-refractivity contribution in [1.82, 2.24) is 4.90 Å². The zero-order chi connectivity index (χ0) is 13.9. The molecule has 8 heteroatoms. The zero-order valence-electron chi connectivity index (χ0n) is 11.1. The van der Waals surface area contributed by atoms with Crippen molar-refractivity contribution in [3.05, 3.63) is 33.3 Å². The summed E-state index contributed by atoms with van der Waals surface area (Å²) < 4.78 is 1.91. The second kappa shape index (κ2) is 7.91. The van der Waals surface area contributed by atoms with Gasteiger partial charge in [0.05, 0.1) is 38.0 Å². The summed E-state index contributed by atoms with van der Waals surface area (Å²) in [6.45, 7) is 0. The van der Waals surface area contributed by atoms with Crippen LogP contribution in [0.25, 0.3) is 0 Å². The van der Waals surface area contributed by atoms with Crippen molar-refractivity contribution in [2.75, 3.05) is 28.2 Å². The molecule has 0 unspecified atom stereocenters. The van der Waals surface area contributed by atoms with Crippen LogP contribution in [0.3, 0.4) is 0 Å². The molecule has 0 aliphatic heterocycles. The number of nitrogens with zero attached hydrogens (tertiary/aromatic N) is 3. The largest absolute Gasteiger partial charge is 1.00 e. The lowest BCUT2D eigenvalue weighted by molar-refractivity contribution is -0.466. The molecule has 1 aromatic carbocycles. The maximum absolute atomic E-state index is 11.0. The molecule has 0 saturated carbocycles. The van der Waals surface area contributed by atoms with Crippen LogP contribution in [0.5, 0.6) is 0 Å². The van der Waals surface area contributed by atoms with E-state index in [1.165, 1.54) is 17.8 Å². The third kappa shape index (κ3) is 5.15. The average molecular weight is 416 g/mol. The molecule has 0 saturated heterocycles. The number of benzene rings is 1. The lowest BCUT2D eigenvalue weighted by Crippen LogP contribution is -3.00. The van der Waals surface area contributed by atoms with Gasteiger partial charge in [0.1, 0.15) is 0 Å². The molecule has 106 valence electrons. The van der Waals surface area contributed by atoms with Gasteiger partial charge >= 0.3 is 5.17 Å². The number of hydrogen-bond donors (Lipinski definition) is 0. The Morgan fingerprint density at radius 3 is 2.37 bits per heavy atom. The number of thioether (sulfide) groups is 1. The predicted octanol–water partition coefficient (Wildman–Crippen LogP) is -0.466. The van der Waals surface area contributed by atoms with Crippen LogP contribution in [0.2, 0.25) is 5.02 Å². The third-order valence-electron chi connectivity index (χ3n) is 2.08. The van der Waals surface area contributed by atoms with Crippen LogP contribution in [-0.2, 0) is 0 Å². The molecule has 0 fully saturated rings. The van der Waals surface area contributed by atoms with E-state index < -0.39 is 4.92 Å². The third-order valence-corrected chi connectivity index (χ3v) is 3.80. The van der Waals surface area contributed by atoms with Crippen molar-refractivity contribution in [3.8, 4) is 0 Å². The fourth-order valence-electron chi connectivity index (χ4n) is 1.40. The van der Waals surface area contributed by atoms with Crippen molar-refractivity contribution in [2.24, 2.45) is 0 Å². The predicted molar refractivity (Wildman–Crippen MR) is 74.8 cm³/mol. The standard InChI is InChI=1S/C11H15ClN3O2S.HI/c1-13(2)11(14(3)4)18-10-6-5-8(12)7-9(10)15(16)17;/h5-7H,1-4H3;1H/q+1;/p-1. The summed E-state index contributed by atoms with van der Waals surface area (Å²) in [6.07, 6.45) is 0. The number of hydrogen-bond acceptors (Lipinski definition) is 3. The minimum atomic E-state index is -0.419. The van der Waals surface area contributed by atoms with Crippen LogP contribution in [0.1, 0.15) is 0 Å². The van der Waals surface area contributed by atoms with Crippen LogP contribution in [0, 0.1) is 10.1 Å². The van der Waals surface area contributed by atoms with Crippen LogP contribution >= 0.6 is 23.4 Å². The average Bonchev–Trinajstić information content (AvgIpc) is 2.25. The van der Waals surface area contributed by atoms with Gasteiger partial charge < -0.3 is 24.0 Å². The molecule has 0 N–H and O–H groups in total. The first-order valence-electron chi connectivity index (χ1n) is 5.16. The number of nitro groups is 1. The van der Waals surface area contributed by atoms with Crippen molar-refractivity contribution < 1.29 is 33.5 Å². The SMILES string of the molecule is CN(C)C(Sc1ccc(Cl)cc1[N+](=O)[O-])=[N+](C)C.[I-]. The highest BCUT2D eigenvalue weighted by molar-refractivity contribution is 8.13. The summed E-state index contributed by atoms with van der Waals surface area (Å²) >= 11 is 7.12. The van der Waals surface area contributed by atoms with Crippen molar-refractivity contribution >= 4 is 34.2 Å². The lowest BCUT2D eigenvalue weighted by atomic mass is 10.3. The lowest BCUT2D eigenvalue weighted by Gasteiger charge is -2.10.